The maximum atomic E-state index is 12.9. The molecule has 0 saturated carbocycles. The molecule has 10 heteroatoms. The van der Waals surface area contributed by atoms with Crippen molar-refractivity contribution in [1.82, 2.24) is 20.5 Å². The second-order valence-corrected chi connectivity index (χ2v) is 9.99. The van der Waals surface area contributed by atoms with Crippen LogP contribution in [0.5, 0.6) is 5.75 Å². The van der Waals surface area contributed by atoms with Gasteiger partial charge in [0, 0.05) is 35.9 Å². The number of hydrogen-bond acceptors (Lipinski definition) is 7. The second-order valence-electron chi connectivity index (χ2n) is 9.55. The summed E-state index contributed by atoms with van der Waals surface area (Å²) in [4.78, 5) is 30.8. The van der Waals surface area contributed by atoms with Gasteiger partial charge in [0.15, 0.2) is 0 Å². The first-order chi connectivity index (χ1) is 18.9. The fraction of sp³-hybridized carbons (Fsp3) is 0.345. The molecule has 1 aromatic carbocycles. The summed E-state index contributed by atoms with van der Waals surface area (Å²) < 4.78 is 11.1. The summed E-state index contributed by atoms with van der Waals surface area (Å²) in [5.74, 6) is 0.360. The van der Waals surface area contributed by atoms with Gasteiger partial charge in [-0.1, -0.05) is 42.0 Å². The summed E-state index contributed by atoms with van der Waals surface area (Å²) in [6.45, 7) is 2.66. The van der Waals surface area contributed by atoms with E-state index in [0.717, 1.165) is 22.7 Å². The van der Waals surface area contributed by atoms with Gasteiger partial charge in [0.1, 0.15) is 30.2 Å². The van der Waals surface area contributed by atoms with Crippen molar-refractivity contribution in [3.8, 4) is 5.75 Å². The minimum atomic E-state index is -0.901. The van der Waals surface area contributed by atoms with Crippen molar-refractivity contribution in [3.05, 3.63) is 94.4 Å². The molecule has 1 aromatic heterocycles. The number of nitrogens with one attached hydrogen (secondary N) is 2. The molecule has 0 spiro atoms. The highest BCUT2D eigenvalue weighted by atomic mass is 35.5. The Morgan fingerprint density at radius 2 is 2.08 bits per heavy atom. The predicted octanol–water partition coefficient (Wildman–Crippen LogP) is 3.69. The third-order valence-electron chi connectivity index (χ3n) is 7.00. The fourth-order valence-electron chi connectivity index (χ4n) is 5.18. The minimum Gasteiger partial charge on any atom is -0.491 e. The SMILES string of the molecule is CCOC(=O)N1CCC2=C(NC3C=CC(Cl)=CC23)C1c1ccc(OCC(O)CNC(=O)c2ccccn2)cc1. The number of hydrogen-bond donors (Lipinski definition) is 3. The smallest absolute Gasteiger partial charge is 0.410 e. The van der Waals surface area contributed by atoms with Gasteiger partial charge in [0.05, 0.1) is 12.6 Å². The van der Waals surface area contributed by atoms with Crippen molar-refractivity contribution in [3.63, 3.8) is 0 Å². The lowest BCUT2D eigenvalue weighted by Gasteiger charge is -2.37. The zero-order chi connectivity index (χ0) is 27.4. The molecule has 2 aliphatic heterocycles. The van der Waals surface area contributed by atoms with Crippen LogP contribution < -0.4 is 15.4 Å². The monoisotopic (exact) mass is 550 g/mol. The molecule has 0 saturated heterocycles. The Hall–Kier alpha value is -3.82. The van der Waals surface area contributed by atoms with Gasteiger partial charge in [-0.2, -0.15) is 0 Å². The van der Waals surface area contributed by atoms with E-state index >= 15 is 0 Å². The normalized spacial score (nSPS) is 22.3. The maximum absolute atomic E-state index is 12.9. The van der Waals surface area contributed by atoms with E-state index in [9.17, 15) is 14.7 Å². The van der Waals surface area contributed by atoms with Gasteiger partial charge in [0.25, 0.3) is 5.91 Å². The molecule has 4 unspecified atom stereocenters. The number of aliphatic hydroxyl groups excluding tert-OH is 1. The summed E-state index contributed by atoms with van der Waals surface area (Å²) in [5, 5.41) is 17.3. The third kappa shape index (κ3) is 5.94. The van der Waals surface area contributed by atoms with E-state index in [1.165, 1.54) is 11.8 Å². The number of allylic oxidation sites excluding steroid dienone is 2. The molecule has 3 N–H and O–H groups in total. The molecule has 3 heterocycles. The molecule has 9 nitrogen and oxygen atoms in total. The van der Waals surface area contributed by atoms with Gasteiger partial charge >= 0.3 is 6.09 Å². The Balaban J connectivity index is 1.26. The Morgan fingerprint density at radius 1 is 1.26 bits per heavy atom. The van der Waals surface area contributed by atoms with Crippen LogP contribution >= 0.6 is 11.6 Å². The first-order valence-electron chi connectivity index (χ1n) is 13.0. The van der Waals surface area contributed by atoms with Gasteiger partial charge in [-0.15, -0.1) is 0 Å². The van der Waals surface area contributed by atoms with Crippen LogP contribution in [0.25, 0.3) is 0 Å². The quantitative estimate of drug-likeness (QED) is 0.459. The molecule has 0 fully saturated rings. The van der Waals surface area contributed by atoms with Crippen molar-refractivity contribution in [2.45, 2.75) is 31.5 Å². The molecule has 0 radical (unpaired) electrons. The molecule has 4 atom stereocenters. The van der Waals surface area contributed by atoms with Gasteiger partial charge < -0.3 is 25.2 Å². The number of ether oxygens (including phenoxy) is 2. The van der Waals surface area contributed by atoms with Crippen molar-refractivity contribution in [2.75, 3.05) is 26.3 Å². The molecule has 1 aliphatic carbocycles. The molecule has 204 valence electrons. The van der Waals surface area contributed by atoms with E-state index < -0.39 is 6.10 Å². The number of pyridine rings is 1. The van der Waals surface area contributed by atoms with E-state index in [-0.39, 0.29) is 48.8 Å². The summed E-state index contributed by atoms with van der Waals surface area (Å²) in [7, 11) is 0. The number of benzene rings is 1. The summed E-state index contributed by atoms with van der Waals surface area (Å²) in [6, 6.07) is 12.3. The lowest BCUT2D eigenvalue weighted by Crippen LogP contribution is -2.42. The van der Waals surface area contributed by atoms with E-state index in [4.69, 9.17) is 21.1 Å². The number of aromatic nitrogens is 1. The number of carbonyl (C=O) groups is 2. The highest BCUT2D eigenvalue weighted by molar-refractivity contribution is 6.31. The Morgan fingerprint density at radius 3 is 2.82 bits per heavy atom. The predicted molar refractivity (Wildman–Crippen MR) is 146 cm³/mol. The molecule has 3 aliphatic rings. The Labute approximate surface area is 232 Å². The lowest BCUT2D eigenvalue weighted by atomic mass is 9.85. The average Bonchev–Trinajstić information content (AvgIpc) is 3.33. The van der Waals surface area contributed by atoms with E-state index in [1.54, 1.807) is 30.0 Å². The van der Waals surface area contributed by atoms with Crippen molar-refractivity contribution in [1.29, 1.82) is 0 Å². The summed E-state index contributed by atoms with van der Waals surface area (Å²) >= 11 is 6.31. The van der Waals surface area contributed by atoms with Crippen LogP contribution in [0.2, 0.25) is 0 Å². The molecular formula is C29H31ClN4O5. The maximum Gasteiger partial charge on any atom is 0.410 e. The Bertz CT molecular complexity index is 1290. The number of aliphatic hydroxyl groups is 1. The molecule has 0 bridgehead atoms. The van der Waals surface area contributed by atoms with Gasteiger partial charge in [-0.25, -0.2) is 4.79 Å². The Kier molecular flexibility index (Phi) is 8.18. The minimum absolute atomic E-state index is 0.000129. The number of halogens is 1. The van der Waals surface area contributed by atoms with Crippen LogP contribution in [-0.2, 0) is 4.74 Å². The van der Waals surface area contributed by atoms with Crippen LogP contribution in [0.1, 0.15) is 35.4 Å². The summed E-state index contributed by atoms with van der Waals surface area (Å²) in [5.41, 5.74) is 3.45. The number of carbonyl (C=O) groups excluding carboxylic acids is 2. The number of rotatable bonds is 8. The fourth-order valence-corrected chi connectivity index (χ4v) is 5.39. The molecular weight excluding hydrogens is 520 g/mol. The molecule has 5 rings (SSSR count). The topological polar surface area (TPSA) is 113 Å². The number of nitrogens with zero attached hydrogens (tertiary/aromatic N) is 2. The van der Waals surface area contributed by atoms with Gasteiger partial charge in [0.2, 0.25) is 0 Å². The molecule has 2 aromatic rings. The van der Waals surface area contributed by atoms with Crippen LogP contribution in [0.15, 0.2) is 83.2 Å². The van der Waals surface area contributed by atoms with Crippen molar-refractivity contribution < 1.29 is 24.2 Å². The second kappa shape index (κ2) is 11.9. The van der Waals surface area contributed by atoms with E-state index in [1.807, 2.05) is 30.3 Å². The third-order valence-corrected chi connectivity index (χ3v) is 7.25. The molecule has 39 heavy (non-hydrogen) atoms. The largest absolute Gasteiger partial charge is 0.491 e. The summed E-state index contributed by atoms with van der Waals surface area (Å²) in [6.07, 6.45) is 7.05. The van der Waals surface area contributed by atoms with E-state index in [0.29, 0.717) is 18.9 Å². The van der Waals surface area contributed by atoms with Crippen LogP contribution in [-0.4, -0.2) is 65.4 Å². The lowest BCUT2D eigenvalue weighted by molar-refractivity contribution is 0.0840. The van der Waals surface area contributed by atoms with Crippen LogP contribution in [0.3, 0.4) is 0 Å². The van der Waals surface area contributed by atoms with Gasteiger partial charge in [-0.05, 0) is 54.8 Å². The van der Waals surface area contributed by atoms with Crippen LogP contribution in [0, 0.1) is 5.92 Å². The highest BCUT2D eigenvalue weighted by Crippen LogP contribution is 2.44. The highest BCUT2D eigenvalue weighted by Gasteiger charge is 2.43. The van der Waals surface area contributed by atoms with Crippen LogP contribution in [0.4, 0.5) is 4.79 Å². The molecule has 2 amide bonds. The number of amides is 2. The van der Waals surface area contributed by atoms with Crippen molar-refractivity contribution >= 4 is 23.6 Å². The van der Waals surface area contributed by atoms with Crippen molar-refractivity contribution in [2.24, 2.45) is 5.92 Å². The average molecular weight is 551 g/mol. The zero-order valence-corrected chi connectivity index (χ0v) is 22.3. The zero-order valence-electron chi connectivity index (χ0n) is 21.5. The first kappa shape index (κ1) is 26.8. The standard InChI is InChI=1S/C29H31ClN4O5/c1-2-38-29(37)34-14-12-22-23-15-19(30)8-11-24(23)33-26(22)27(34)18-6-9-21(10-7-18)39-17-20(35)16-32-28(36)25-5-3-4-13-31-25/h3-11,13,15,20,23-24,27,33,35H,2,12,14,16-17H2,1H3,(H,32,36). The van der Waals surface area contributed by atoms with Gasteiger partial charge in [-0.3, -0.25) is 14.7 Å². The number of fused-ring (bicyclic) bond motifs is 2. The first-order valence-corrected chi connectivity index (χ1v) is 13.4. The van der Waals surface area contributed by atoms with E-state index in [2.05, 4.69) is 27.8 Å².